The van der Waals surface area contributed by atoms with E-state index in [0.29, 0.717) is 12.2 Å². The SMILES string of the molecule is Nc1ccc2c(c1)C(=O)N(Cc1cn3ccsc3n1)CC2. The maximum absolute atomic E-state index is 12.6. The Morgan fingerprint density at radius 1 is 1.38 bits per heavy atom. The minimum Gasteiger partial charge on any atom is -0.399 e. The Morgan fingerprint density at radius 2 is 2.29 bits per heavy atom. The van der Waals surface area contributed by atoms with E-state index in [1.165, 1.54) is 0 Å². The van der Waals surface area contributed by atoms with Gasteiger partial charge in [-0.2, -0.15) is 0 Å². The smallest absolute Gasteiger partial charge is 0.254 e. The highest BCUT2D eigenvalue weighted by molar-refractivity contribution is 7.15. The minimum atomic E-state index is 0.0416. The van der Waals surface area contributed by atoms with Gasteiger partial charge in [-0.1, -0.05) is 6.07 Å². The molecule has 1 amide bonds. The van der Waals surface area contributed by atoms with Gasteiger partial charge in [-0.15, -0.1) is 11.3 Å². The summed E-state index contributed by atoms with van der Waals surface area (Å²) in [4.78, 5) is 19.9. The lowest BCUT2D eigenvalue weighted by molar-refractivity contribution is 0.0725. The van der Waals surface area contributed by atoms with E-state index >= 15 is 0 Å². The molecule has 0 atom stereocenters. The van der Waals surface area contributed by atoms with E-state index in [1.54, 1.807) is 17.4 Å². The molecule has 3 heterocycles. The van der Waals surface area contributed by atoms with Crippen molar-refractivity contribution in [2.45, 2.75) is 13.0 Å². The summed E-state index contributed by atoms with van der Waals surface area (Å²) in [5.41, 5.74) is 9.15. The maximum Gasteiger partial charge on any atom is 0.254 e. The molecule has 4 rings (SSSR count). The summed E-state index contributed by atoms with van der Waals surface area (Å²) in [6.07, 6.45) is 4.82. The minimum absolute atomic E-state index is 0.0416. The highest BCUT2D eigenvalue weighted by Gasteiger charge is 2.25. The fourth-order valence-corrected chi connectivity index (χ4v) is 3.46. The van der Waals surface area contributed by atoms with E-state index in [0.717, 1.165) is 34.7 Å². The predicted molar refractivity (Wildman–Crippen MR) is 82.4 cm³/mol. The summed E-state index contributed by atoms with van der Waals surface area (Å²) in [6, 6.07) is 5.58. The molecular formula is C15H14N4OS. The van der Waals surface area contributed by atoms with Crippen molar-refractivity contribution in [3.05, 3.63) is 52.8 Å². The Morgan fingerprint density at radius 3 is 3.14 bits per heavy atom. The molecule has 2 aromatic heterocycles. The molecule has 0 aliphatic carbocycles. The second-order valence-corrected chi connectivity index (χ2v) is 6.09. The molecule has 5 nitrogen and oxygen atoms in total. The van der Waals surface area contributed by atoms with Gasteiger partial charge in [0.1, 0.15) is 0 Å². The van der Waals surface area contributed by atoms with Gasteiger partial charge in [-0.25, -0.2) is 4.98 Å². The summed E-state index contributed by atoms with van der Waals surface area (Å²) in [5.74, 6) is 0.0416. The zero-order chi connectivity index (χ0) is 14.4. The second-order valence-electron chi connectivity index (χ2n) is 5.22. The van der Waals surface area contributed by atoms with Crippen LogP contribution in [0, 0.1) is 0 Å². The molecule has 1 aliphatic heterocycles. The molecule has 0 saturated carbocycles. The largest absolute Gasteiger partial charge is 0.399 e. The number of aromatic nitrogens is 2. The standard InChI is InChI=1S/C15H14N4OS/c16-11-2-1-10-3-4-18(14(20)13(10)7-11)8-12-9-19-5-6-21-15(19)17-12/h1-2,5-7,9H,3-4,8,16H2. The Kier molecular flexibility index (Phi) is 2.71. The Balaban J connectivity index is 1.62. The summed E-state index contributed by atoms with van der Waals surface area (Å²) in [7, 11) is 0. The van der Waals surface area contributed by atoms with Gasteiger partial charge in [0.2, 0.25) is 0 Å². The first-order valence-electron chi connectivity index (χ1n) is 6.79. The molecule has 0 saturated heterocycles. The lowest BCUT2D eigenvalue weighted by Gasteiger charge is -2.28. The zero-order valence-corrected chi connectivity index (χ0v) is 12.1. The molecule has 0 bridgehead atoms. The first-order valence-corrected chi connectivity index (χ1v) is 7.67. The normalized spacial score (nSPS) is 14.7. The molecule has 106 valence electrons. The number of rotatable bonds is 2. The van der Waals surface area contributed by atoms with Crippen LogP contribution in [0.25, 0.3) is 4.96 Å². The lowest BCUT2D eigenvalue weighted by Crippen LogP contribution is -2.37. The van der Waals surface area contributed by atoms with Crippen LogP contribution in [0.5, 0.6) is 0 Å². The Bertz CT molecular complexity index is 807. The summed E-state index contributed by atoms with van der Waals surface area (Å²) in [6.45, 7) is 1.27. The van der Waals surface area contributed by atoms with Crippen molar-refractivity contribution >= 4 is 27.9 Å². The molecule has 6 heteroatoms. The topological polar surface area (TPSA) is 63.6 Å². The first kappa shape index (κ1) is 12.4. The van der Waals surface area contributed by atoms with Crippen LogP contribution < -0.4 is 5.73 Å². The summed E-state index contributed by atoms with van der Waals surface area (Å²) in [5, 5.41) is 2.00. The molecule has 21 heavy (non-hydrogen) atoms. The highest BCUT2D eigenvalue weighted by Crippen LogP contribution is 2.23. The van der Waals surface area contributed by atoms with Crippen molar-refractivity contribution in [1.82, 2.24) is 14.3 Å². The molecule has 2 N–H and O–H groups in total. The molecule has 3 aromatic rings. The van der Waals surface area contributed by atoms with E-state index in [4.69, 9.17) is 5.73 Å². The number of amides is 1. The number of fused-ring (bicyclic) bond motifs is 2. The second kappa shape index (κ2) is 4.60. The summed E-state index contributed by atoms with van der Waals surface area (Å²) < 4.78 is 1.99. The van der Waals surface area contributed by atoms with Gasteiger partial charge in [0.15, 0.2) is 4.96 Å². The van der Waals surface area contributed by atoms with E-state index in [1.807, 2.05) is 39.2 Å². The van der Waals surface area contributed by atoms with E-state index in [9.17, 15) is 4.79 Å². The first-order chi connectivity index (χ1) is 10.2. The molecule has 0 unspecified atom stereocenters. The van der Waals surface area contributed by atoms with Crippen molar-refractivity contribution in [1.29, 1.82) is 0 Å². The van der Waals surface area contributed by atoms with E-state index < -0.39 is 0 Å². The number of nitrogens with two attached hydrogens (primary N) is 1. The monoisotopic (exact) mass is 298 g/mol. The molecule has 0 fully saturated rings. The van der Waals surface area contributed by atoms with E-state index in [2.05, 4.69) is 4.98 Å². The lowest BCUT2D eigenvalue weighted by atomic mass is 9.98. The quantitative estimate of drug-likeness (QED) is 0.738. The van der Waals surface area contributed by atoms with Gasteiger partial charge < -0.3 is 10.6 Å². The average molecular weight is 298 g/mol. The van der Waals surface area contributed by atoms with Gasteiger partial charge in [0.05, 0.1) is 12.2 Å². The predicted octanol–water partition coefficient (Wildman–Crippen LogP) is 2.18. The van der Waals surface area contributed by atoms with Gasteiger partial charge in [-0.05, 0) is 24.1 Å². The van der Waals surface area contributed by atoms with Crippen molar-refractivity contribution in [2.24, 2.45) is 0 Å². The summed E-state index contributed by atoms with van der Waals surface area (Å²) >= 11 is 1.59. The molecule has 1 aromatic carbocycles. The van der Waals surface area contributed by atoms with Crippen LogP contribution in [0.2, 0.25) is 0 Å². The third kappa shape index (κ3) is 2.08. The molecule has 1 aliphatic rings. The number of carbonyl (C=O) groups is 1. The van der Waals surface area contributed by atoms with Crippen molar-refractivity contribution < 1.29 is 4.79 Å². The number of nitrogens with zero attached hydrogens (tertiary/aromatic N) is 3. The number of carbonyl (C=O) groups excluding carboxylic acids is 1. The van der Waals surface area contributed by atoms with Gasteiger partial charge >= 0.3 is 0 Å². The number of imidazole rings is 1. The maximum atomic E-state index is 12.6. The fraction of sp³-hybridized carbons (Fsp3) is 0.200. The van der Waals surface area contributed by atoms with Crippen molar-refractivity contribution in [3.8, 4) is 0 Å². The molecular weight excluding hydrogens is 284 g/mol. The van der Waals surface area contributed by atoms with Crippen molar-refractivity contribution in [2.75, 3.05) is 12.3 Å². The number of hydrogen-bond donors (Lipinski definition) is 1. The van der Waals surface area contributed by atoms with Gasteiger partial charge in [-0.3, -0.25) is 9.20 Å². The third-order valence-corrected chi connectivity index (χ3v) is 4.57. The Hall–Kier alpha value is -2.34. The number of hydrogen-bond acceptors (Lipinski definition) is 4. The van der Waals surface area contributed by atoms with Gasteiger partial charge in [0, 0.05) is 35.6 Å². The third-order valence-electron chi connectivity index (χ3n) is 3.80. The van der Waals surface area contributed by atoms with Crippen LogP contribution in [0.1, 0.15) is 21.6 Å². The van der Waals surface area contributed by atoms with Crippen LogP contribution in [-0.4, -0.2) is 26.7 Å². The van der Waals surface area contributed by atoms with Crippen LogP contribution >= 0.6 is 11.3 Å². The number of benzene rings is 1. The number of nitrogen functional groups attached to an aromatic ring is 1. The van der Waals surface area contributed by atoms with Crippen LogP contribution in [0.4, 0.5) is 5.69 Å². The Labute approximate surface area is 125 Å². The number of thiazole rings is 1. The number of anilines is 1. The average Bonchev–Trinajstić information content (AvgIpc) is 3.03. The van der Waals surface area contributed by atoms with Gasteiger partial charge in [0.25, 0.3) is 5.91 Å². The fourth-order valence-electron chi connectivity index (χ4n) is 2.74. The van der Waals surface area contributed by atoms with Crippen LogP contribution in [0.15, 0.2) is 36.0 Å². The highest BCUT2D eigenvalue weighted by atomic mass is 32.1. The van der Waals surface area contributed by atoms with E-state index in [-0.39, 0.29) is 5.91 Å². The van der Waals surface area contributed by atoms with Crippen molar-refractivity contribution in [3.63, 3.8) is 0 Å². The van der Waals surface area contributed by atoms with Crippen LogP contribution in [0.3, 0.4) is 0 Å². The zero-order valence-electron chi connectivity index (χ0n) is 11.3. The molecule has 0 spiro atoms. The molecule has 0 radical (unpaired) electrons. The van der Waals surface area contributed by atoms with Crippen LogP contribution in [-0.2, 0) is 13.0 Å².